The topological polar surface area (TPSA) is 99.3 Å². The summed E-state index contributed by atoms with van der Waals surface area (Å²) in [6.07, 6.45) is 8.50. The van der Waals surface area contributed by atoms with Crippen LogP contribution in [0.4, 0.5) is 10.1 Å². The lowest BCUT2D eigenvalue weighted by Gasteiger charge is -2.11. The van der Waals surface area contributed by atoms with E-state index in [4.69, 9.17) is 4.98 Å². The molecular formula is C31H29FN6O. The average Bonchev–Trinajstić information content (AvgIpc) is 3.51. The smallest absolute Gasteiger partial charge is 0.224 e. The Hall–Kier alpha value is -4.59. The molecule has 0 atom stereocenters. The number of nitrogens with one attached hydrogen (secondary N) is 3. The molecule has 7 nitrogen and oxygen atoms in total. The maximum Gasteiger partial charge on any atom is 0.224 e. The molecule has 0 bridgehead atoms. The first-order valence-corrected chi connectivity index (χ1v) is 13.1. The second kappa shape index (κ2) is 9.94. The number of aromatic nitrogens is 5. The molecule has 6 rings (SSSR count). The normalized spacial score (nSPS) is 13.7. The van der Waals surface area contributed by atoms with Gasteiger partial charge in [0.25, 0.3) is 0 Å². The SMILES string of the molecule is Cc1cc(NC(=O)CC(C)C)cc(-c2ccc3[nH]nc(-c4nc5c(C6=CC(F)=CCC6)cncc5[nH]4)c3c2)c1. The average molecular weight is 521 g/mol. The molecule has 0 saturated heterocycles. The van der Waals surface area contributed by atoms with Gasteiger partial charge in [0.1, 0.15) is 11.5 Å². The zero-order chi connectivity index (χ0) is 27.1. The summed E-state index contributed by atoms with van der Waals surface area (Å²) in [6, 6.07) is 12.2. The van der Waals surface area contributed by atoms with Gasteiger partial charge < -0.3 is 10.3 Å². The highest BCUT2D eigenvalue weighted by Gasteiger charge is 2.18. The van der Waals surface area contributed by atoms with Gasteiger partial charge in [-0.2, -0.15) is 5.10 Å². The highest BCUT2D eigenvalue weighted by molar-refractivity contribution is 5.98. The number of amides is 1. The Kier molecular flexibility index (Phi) is 6.30. The summed E-state index contributed by atoms with van der Waals surface area (Å²) in [7, 11) is 0. The number of rotatable bonds is 6. The van der Waals surface area contributed by atoms with Gasteiger partial charge in [0.2, 0.25) is 5.91 Å². The van der Waals surface area contributed by atoms with Crippen LogP contribution in [0.2, 0.25) is 0 Å². The summed E-state index contributed by atoms with van der Waals surface area (Å²) >= 11 is 0. The summed E-state index contributed by atoms with van der Waals surface area (Å²) in [5.74, 6) is 0.684. The van der Waals surface area contributed by atoms with Crippen LogP contribution in [0.3, 0.4) is 0 Å². The lowest BCUT2D eigenvalue weighted by atomic mass is 9.97. The number of carbonyl (C=O) groups excluding carboxylic acids is 1. The number of pyridine rings is 1. The van der Waals surface area contributed by atoms with Gasteiger partial charge in [0.05, 0.1) is 22.7 Å². The minimum atomic E-state index is -0.228. The van der Waals surface area contributed by atoms with Crippen LogP contribution in [0, 0.1) is 12.8 Å². The van der Waals surface area contributed by atoms with Crippen molar-refractivity contribution in [1.29, 1.82) is 0 Å². The lowest BCUT2D eigenvalue weighted by molar-refractivity contribution is -0.116. The molecule has 0 aliphatic heterocycles. The number of anilines is 1. The first-order chi connectivity index (χ1) is 18.8. The van der Waals surface area contributed by atoms with Crippen molar-refractivity contribution >= 4 is 39.1 Å². The van der Waals surface area contributed by atoms with Crippen molar-refractivity contribution in [2.75, 3.05) is 5.32 Å². The van der Waals surface area contributed by atoms with Crippen molar-refractivity contribution < 1.29 is 9.18 Å². The first kappa shape index (κ1) is 24.7. The van der Waals surface area contributed by atoms with Crippen LogP contribution in [-0.2, 0) is 4.79 Å². The van der Waals surface area contributed by atoms with Crippen molar-refractivity contribution in [1.82, 2.24) is 25.1 Å². The van der Waals surface area contributed by atoms with E-state index >= 15 is 0 Å². The van der Waals surface area contributed by atoms with Crippen LogP contribution in [0.15, 0.2) is 66.8 Å². The van der Waals surface area contributed by atoms with Crippen LogP contribution >= 0.6 is 0 Å². The molecule has 3 aromatic heterocycles. The number of allylic oxidation sites excluding steroid dienone is 4. The van der Waals surface area contributed by atoms with E-state index in [9.17, 15) is 9.18 Å². The van der Waals surface area contributed by atoms with Gasteiger partial charge in [0.15, 0.2) is 5.82 Å². The van der Waals surface area contributed by atoms with Gasteiger partial charge in [-0.05, 0) is 84.4 Å². The molecule has 196 valence electrons. The predicted molar refractivity (Wildman–Crippen MR) is 154 cm³/mol. The summed E-state index contributed by atoms with van der Waals surface area (Å²) in [6.45, 7) is 6.08. The van der Waals surface area contributed by atoms with Crippen LogP contribution < -0.4 is 5.32 Å². The van der Waals surface area contributed by atoms with E-state index in [0.29, 0.717) is 30.3 Å². The summed E-state index contributed by atoms with van der Waals surface area (Å²) in [4.78, 5) is 25.0. The molecule has 1 aliphatic rings. The van der Waals surface area contributed by atoms with Crippen LogP contribution in [0.1, 0.15) is 44.2 Å². The van der Waals surface area contributed by atoms with Gasteiger partial charge in [-0.15, -0.1) is 0 Å². The van der Waals surface area contributed by atoms with Gasteiger partial charge >= 0.3 is 0 Å². The third-order valence-corrected chi connectivity index (χ3v) is 6.88. The Labute approximate surface area is 225 Å². The second-order valence-electron chi connectivity index (χ2n) is 10.5. The predicted octanol–water partition coefficient (Wildman–Crippen LogP) is 7.49. The molecule has 5 aromatic rings. The van der Waals surface area contributed by atoms with E-state index < -0.39 is 0 Å². The molecule has 3 N–H and O–H groups in total. The van der Waals surface area contributed by atoms with E-state index in [1.165, 1.54) is 0 Å². The van der Waals surface area contributed by atoms with Gasteiger partial charge in [0, 0.05) is 29.3 Å². The number of fused-ring (bicyclic) bond motifs is 2. The second-order valence-corrected chi connectivity index (χ2v) is 10.5. The van der Waals surface area contributed by atoms with Crippen molar-refractivity contribution in [2.24, 2.45) is 5.92 Å². The van der Waals surface area contributed by atoms with Crippen molar-refractivity contribution in [3.8, 4) is 22.6 Å². The largest absolute Gasteiger partial charge is 0.335 e. The van der Waals surface area contributed by atoms with Crippen molar-refractivity contribution in [2.45, 2.75) is 40.0 Å². The summed E-state index contributed by atoms with van der Waals surface area (Å²) in [5, 5.41) is 11.6. The van der Waals surface area contributed by atoms with Crippen LogP contribution in [0.25, 0.3) is 50.2 Å². The Morgan fingerprint density at radius 2 is 1.97 bits per heavy atom. The fraction of sp³-hybridized carbons (Fsp3) is 0.226. The number of halogens is 1. The lowest BCUT2D eigenvalue weighted by Crippen LogP contribution is -2.13. The fourth-order valence-electron chi connectivity index (χ4n) is 5.13. The third kappa shape index (κ3) is 4.97. The number of aromatic amines is 2. The molecule has 2 aromatic carbocycles. The zero-order valence-corrected chi connectivity index (χ0v) is 22.1. The molecule has 1 amide bonds. The zero-order valence-electron chi connectivity index (χ0n) is 22.1. The number of H-pyrrole nitrogens is 2. The molecular weight excluding hydrogens is 491 g/mol. The molecule has 0 spiro atoms. The van der Waals surface area contributed by atoms with Crippen molar-refractivity contribution in [3.05, 3.63) is 77.9 Å². The van der Waals surface area contributed by atoms with Gasteiger partial charge in [-0.3, -0.25) is 14.9 Å². The molecule has 0 unspecified atom stereocenters. The van der Waals surface area contributed by atoms with Crippen LogP contribution in [0.5, 0.6) is 0 Å². The summed E-state index contributed by atoms with van der Waals surface area (Å²) in [5.41, 5.74) is 8.63. The van der Waals surface area contributed by atoms with E-state index in [1.54, 1.807) is 24.5 Å². The minimum absolute atomic E-state index is 0.00983. The number of aryl methyl sites for hydroxylation is 1. The van der Waals surface area contributed by atoms with Gasteiger partial charge in [-0.25, -0.2) is 9.37 Å². The quantitative estimate of drug-likeness (QED) is 0.216. The number of hydrogen-bond donors (Lipinski definition) is 3. The molecule has 0 radical (unpaired) electrons. The van der Waals surface area contributed by atoms with Gasteiger partial charge in [-0.1, -0.05) is 26.0 Å². The molecule has 3 heterocycles. The number of nitrogens with zero attached hydrogens (tertiary/aromatic N) is 3. The molecule has 8 heteroatoms. The Balaban J connectivity index is 1.39. The number of carbonyl (C=O) groups is 1. The highest BCUT2D eigenvalue weighted by atomic mass is 19.1. The Morgan fingerprint density at radius 1 is 1.10 bits per heavy atom. The maximum atomic E-state index is 14.0. The molecule has 1 aliphatic carbocycles. The molecule has 39 heavy (non-hydrogen) atoms. The maximum absolute atomic E-state index is 14.0. The van der Waals surface area contributed by atoms with E-state index in [1.807, 2.05) is 45.0 Å². The third-order valence-electron chi connectivity index (χ3n) is 6.88. The highest BCUT2D eigenvalue weighted by Crippen LogP contribution is 2.34. The standard InChI is InChI=1S/C31H29FN6O/c1-17(2)9-28(39)34-23-11-18(3)10-21(13-23)19-7-8-26-24(14-19)30(38-37-26)31-35-27-16-33-15-25(29(27)36-31)20-5-4-6-22(32)12-20/h6-8,10-17H,4-5,9H2,1-3H3,(H,34,39)(H,35,36)(H,37,38). The van der Waals surface area contributed by atoms with E-state index in [2.05, 4.69) is 37.6 Å². The molecule has 0 saturated carbocycles. The van der Waals surface area contributed by atoms with E-state index in [0.717, 1.165) is 61.9 Å². The number of imidazole rings is 1. The van der Waals surface area contributed by atoms with E-state index in [-0.39, 0.29) is 11.7 Å². The number of benzene rings is 2. The monoisotopic (exact) mass is 520 g/mol. The Bertz CT molecular complexity index is 1790. The number of hydrogen-bond acceptors (Lipinski definition) is 4. The fourth-order valence-corrected chi connectivity index (χ4v) is 5.13. The first-order valence-electron chi connectivity index (χ1n) is 13.1. The van der Waals surface area contributed by atoms with Crippen LogP contribution in [-0.4, -0.2) is 31.1 Å². The summed E-state index contributed by atoms with van der Waals surface area (Å²) < 4.78 is 14.0. The Morgan fingerprint density at radius 3 is 2.79 bits per heavy atom. The molecule has 0 fully saturated rings. The minimum Gasteiger partial charge on any atom is -0.335 e. The van der Waals surface area contributed by atoms with Crippen molar-refractivity contribution in [3.63, 3.8) is 0 Å².